The monoisotopic (exact) mass is 280 g/mol. The summed E-state index contributed by atoms with van der Waals surface area (Å²) >= 11 is 3.66. The minimum absolute atomic E-state index is 0.555. The van der Waals surface area contributed by atoms with E-state index in [1.165, 1.54) is 15.5 Å². The van der Waals surface area contributed by atoms with Crippen molar-refractivity contribution in [2.45, 2.75) is 42.8 Å². The number of nitrogens with one attached hydrogen (secondary N) is 1. The van der Waals surface area contributed by atoms with Gasteiger partial charge in [-0.1, -0.05) is 37.7 Å². The first kappa shape index (κ1) is 13.8. The van der Waals surface area contributed by atoms with Gasteiger partial charge in [-0.05, 0) is 25.5 Å². The summed E-state index contributed by atoms with van der Waals surface area (Å²) in [5.41, 5.74) is 1.12. The van der Waals surface area contributed by atoms with Crippen molar-refractivity contribution in [3.63, 3.8) is 0 Å². The lowest BCUT2D eigenvalue weighted by Gasteiger charge is -2.14. The Bertz CT molecular complexity index is 462. The van der Waals surface area contributed by atoms with E-state index in [1.807, 2.05) is 17.8 Å². The highest BCUT2D eigenvalue weighted by Crippen LogP contribution is 2.31. The number of para-hydroxylation sites is 1. The maximum atomic E-state index is 4.65. The van der Waals surface area contributed by atoms with Crippen LogP contribution in [0.15, 0.2) is 28.6 Å². The van der Waals surface area contributed by atoms with Crippen molar-refractivity contribution in [3.8, 4) is 0 Å². The SMILES string of the molecule is CCC(C)NCC(C)Sc1nc2ccccc2s1. The van der Waals surface area contributed by atoms with Crippen LogP contribution in [0.3, 0.4) is 0 Å². The summed E-state index contributed by atoms with van der Waals surface area (Å²) in [5, 5.41) is 4.10. The topological polar surface area (TPSA) is 24.9 Å². The Morgan fingerprint density at radius 3 is 2.83 bits per heavy atom. The number of thioether (sulfide) groups is 1. The lowest BCUT2D eigenvalue weighted by Crippen LogP contribution is -2.30. The molecule has 2 atom stereocenters. The summed E-state index contributed by atoms with van der Waals surface area (Å²) in [5.74, 6) is 0. The average molecular weight is 280 g/mol. The van der Waals surface area contributed by atoms with Gasteiger partial charge in [0.2, 0.25) is 0 Å². The highest BCUT2D eigenvalue weighted by molar-refractivity contribution is 8.01. The van der Waals surface area contributed by atoms with Crippen LogP contribution in [-0.4, -0.2) is 22.8 Å². The summed E-state index contributed by atoms with van der Waals surface area (Å²) in [6, 6.07) is 8.94. The second kappa shape index (κ2) is 6.55. The van der Waals surface area contributed by atoms with E-state index in [-0.39, 0.29) is 0 Å². The fraction of sp³-hybridized carbons (Fsp3) is 0.500. The van der Waals surface area contributed by atoms with Crippen LogP contribution < -0.4 is 5.32 Å². The fourth-order valence-corrected chi connectivity index (χ4v) is 3.95. The average Bonchev–Trinajstić information content (AvgIpc) is 2.77. The molecule has 0 saturated heterocycles. The summed E-state index contributed by atoms with van der Waals surface area (Å²) in [6.07, 6.45) is 1.18. The quantitative estimate of drug-likeness (QED) is 0.804. The van der Waals surface area contributed by atoms with Gasteiger partial charge in [0.1, 0.15) is 0 Å². The van der Waals surface area contributed by atoms with Gasteiger partial charge in [-0.25, -0.2) is 4.98 Å². The number of nitrogens with zero attached hydrogens (tertiary/aromatic N) is 1. The molecule has 0 radical (unpaired) electrons. The van der Waals surface area contributed by atoms with Crippen molar-refractivity contribution < 1.29 is 0 Å². The van der Waals surface area contributed by atoms with Gasteiger partial charge < -0.3 is 5.32 Å². The minimum Gasteiger partial charge on any atom is -0.313 e. The van der Waals surface area contributed by atoms with Crippen LogP contribution in [0.5, 0.6) is 0 Å². The molecular formula is C14H20N2S2. The second-order valence-electron chi connectivity index (χ2n) is 4.59. The molecular weight excluding hydrogens is 260 g/mol. The van der Waals surface area contributed by atoms with Crippen molar-refractivity contribution in [1.29, 1.82) is 0 Å². The van der Waals surface area contributed by atoms with E-state index in [0.717, 1.165) is 12.1 Å². The fourth-order valence-electron chi connectivity index (χ4n) is 1.63. The molecule has 1 N–H and O–H groups in total. The number of aromatic nitrogens is 1. The number of hydrogen-bond acceptors (Lipinski definition) is 4. The zero-order valence-electron chi connectivity index (χ0n) is 11.1. The third-order valence-corrected chi connectivity index (χ3v) is 5.17. The van der Waals surface area contributed by atoms with Crippen LogP contribution in [0.4, 0.5) is 0 Å². The molecule has 1 heterocycles. The van der Waals surface area contributed by atoms with E-state index >= 15 is 0 Å². The molecule has 98 valence electrons. The normalized spacial score (nSPS) is 14.8. The van der Waals surface area contributed by atoms with Crippen molar-refractivity contribution >= 4 is 33.3 Å². The summed E-state index contributed by atoms with van der Waals surface area (Å²) < 4.78 is 2.46. The zero-order chi connectivity index (χ0) is 13.0. The predicted molar refractivity (Wildman–Crippen MR) is 82.7 cm³/mol. The third kappa shape index (κ3) is 3.70. The van der Waals surface area contributed by atoms with Crippen LogP contribution in [0.2, 0.25) is 0 Å². The minimum atomic E-state index is 0.555. The van der Waals surface area contributed by atoms with E-state index in [4.69, 9.17) is 0 Å². The smallest absolute Gasteiger partial charge is 0.151 e. The molecule has 0 aliphatic rings. The summed E-state index contributed by atoms with van der Waals surface area (Å²) in [4.78, 5) is 4.65. The second-order valence-corrected chi connectivity index (χ2v) is 7.31. The largest absolute Gasteiger partial charge is 0.313 e. The number of fused-ring (bicyclic) bond motifs is 1. The number of rotatable bonds is 6. The molecule has 2 rings (SSSR count). The number of thiazole rings is 1. The van der Waals surface area contributed by atoms with E-state index in [1.54, 1.807) is 11.3 Å². The molecule has 0 saturated carbocycles. The summed E-state index contributed by atoms with van der Waals surface area (Å²) in [7, 11) is 0. The maximum Gasteiger partial charge on any atom is 0.151 e. The molecule has 0 aliphatic heterocycles. The van der Waals surface area contributed by atoms with Crippen LogP contribution >= 0.6 is 23.1 Å². The van der Waals surface area contributed by atoms with Crippen LogP contribution in [-0.2, 0) is 0 Å². The molecule has 1 aromatic carbocycles. The first-order valence-corrected chi connectivity index (χ1v) is 8.14. The molecule has 0 aliphatic carbocycles. The van der Waals surface area contributed by atoms with E-state index < -0.39 is 0 Å². The molecule has 2 unspecified atom stereocenters. The van der Waals surface area contributed by atoms with Crippen molar-refractivity contribution in [1.82, 2.24) is 10.3 Å². The molecule has 0 fully saturated rings. The van der Waals surface area contributed by atoms with Crippen molar-refractivity contribution in [3.05, 3.63) is 24.3 Å². The Labute approximate surface area is 117 Å². The van der Waals surface area contributed by atoms with Gasteiger partial charge in [-0.3, -0.25) is 0 Å². The van der Waals surface area contributed by atoms with E-state index in [2.05, 4.69) is 49.3 Å². The van der Waals surface area contributed by atoms with E-state index in [9.17, 15) is 0 Å². The third-order valence-electron chi connectivity index (χ3n) is 2.94. The molecule has 0 spiro atoms. The van der Waals surface area contributed by atoms with Crippen LogP contribution in [0.1, 0.15) is 27.2 Å². The molecule has 2 nitrogen and oxygen atoms in total. The maximum absolute atomic E-state index is 4.65. The van der Waals surface area contributed by atoms with Gasteiger partial charge in [0.15, 0.2) is 4.34 Å². The van der Waals surface area contributed by atoms with Gasteiger partial charge >= 0.3 is 0 Å². The zero-order valence-corrected chi connectivity index (χ0v) is 12.8. The Morgan fingerprint density at radius 2 is 2.11 bits per heavy atom. The van der Waals surface area contributed by atoms with Crippen molar-refractivity contribution in [2.24, 2.45) is 0 Å². The predicted octanol–water partition coefficient (Wildman–Crippen LogP) is 4.17. The van der Waals surface area contributed by atoms with Gasteiger partial charge in [0.25, 0.3) is 0 Å². The molecule has 4 heteroatoms. The van der Waals surface area contributed by atoms with Gasteiger partial charge in [-0.15, -0.1) is 11.3 Å². The van der Waals surface area contributed by atoms with Crippen LogP contribution in [0.25, 0.3) is 10.2 Å². The van der Waals surface area contributed by atoms with Crippen LogP contribution in [0, 0.1) is 0 Å². The number of benzene rings is 1. The number of hydrogen-bond donors (Lipinski definition) is 1. The highest BCUT2D eigenvalue weighted by atomic mass is 32.2. The Kier molecular flexibility index (Phi) is 5.03. The highest BCUT2D eigenvalue weighted by Gasteiger charge is 2.10. The van der Waals surface area contributed by atoms with E-state index in [0.29, 0.717) is 11.3 Å². The lowest BCUT2D eigenvalue weighted by atomic mass is 10.2. The standard InChI is InChI=1S/C14H20N2S2/c1-4-10(2)15-9-11(3)17-14-16-12-7-5-6-8-13(12)18-14/h5-8,10-11,15H,4,9H2,1-3H3. The molecule has 2 aromatic rings. The Morgan fingerprint density at radius 1 is 1.33 bits per heavy atom. The first-order valence-electron chi connectivity index (χ1n) is 6.44. The summed E-state index contributed by atoms with van der Waals surface area (Å²) in [6.45, 7) is 7.74. The van der Waals surface area contributed by atoms with Gasteiger partial charge in [0, 0.05) is 17.8 Å². The van der Waals surface area contributed by atoms with Gasteiger partial charge in [0.05, 0.1) is 10.2 Å². The van der Waals surface area contributed by atoms with Crippen molar-refractivity contribution in [2.75, 3.05) is 6.54 Å². The lowest BCUT2D eigenvalue weighted by molar-refractivity contribution is 0.537. The van der Waals surface area contributed by atoms with Gasteiger partial charge in [-0.2, -0.15) is 0 Å². The first-order chi connectivity index (χ1) is 8.69. The molecule has 0 amide bonds. The molecule has 1 aromatic heterocycles. The Balaban J connectivity index is 1.92. The molecule has 0 bridgehead atoms. The molecule has 18 heavy (non-hydrogen) atoms. The Hall–Kier alpha value is -0.580.